The van der Waals surface area contributed by atoms with Crippen molar-refractivity contribution in [2.45, 2.75) is 10.8 Å². The average Bonchev–Trinajstić information content (AvgIpc) is 3.89. The SMILES string of the molecule is c1ccc(-c2ccc(-c3cc(-c4ccccc4)nc(-c4ccc(-c5ccc6c(c5)-c5ccccc5C65c6ccccc6C6(c7ccccc7-c7ccccc76)c6ccccc65)cc4)n3)cc2)cc1. The number of nitrogens with zero attached hydrogens (tertiary/aromatic N) is 2. The van der Waals surface area contributed by atoms with Gasteiger partial charge in [-0.1, -0.05) is 243 Å². The van der Waals surface area contributed by atoms with Crippen molar-refractivity contribution in [3.63, 3.8) is 0 Å². The van der Waals surface area contributed by atoms with Gasteiger partial charge in [0.05, 0.1) is 22.2 Å². The van der Waals surface area contributed by atoms with E-state index in [9.17, 15) is 0 Å². The van der Waals surface area contributed by atoms with E-state index in [0.29, 0.717) is 5.82 Å². The third-order valence-electron chi connectivity index (χ3n) is 15.0. The van der Waals surface area contributed by atoms with Gasteiger partial charge in [-0.25, -0.2) is 9.97 Å². The predicted molar refractivity (Wildman–Crippen MR) is 277 cm³/mol. The highest BCUT2D eigenvalue weighted by Crippen LogP contribution is 2.67. The van der Waals surface area contributed by atoms with E-state index >= 15 is 0 Å². The van der Waals surface area contributed by atoms with Gasteiger partial charge < -0.3 is 0 Å². The van der Waals surface area contributed by atoms with Crippen LogP contribution < -0.4 is 0 Å². The highest BCUT2D eigenvalue weighted by molar-refractivity contribution is 5.94. The van der Waals surface area contributed by atoms with Crippen LogP contribution in [0.15, 0.2) is 255 Å². The lowest BCUT2D eigenvalue weighted by Crippen LogP contribution is -2.43. The smallest absolute Gasteiger partial charge is 0.160 e. The molecule has 0 unspecified atom stereocenters. The van der Waals surface area contributed by atoms with Gasteiger partial charge in [0.2, 0.25) is 0 Å². The molecular weight excluding hydrogens is 821 g/mol. The normalized spacial score (nSPS) is 13.8. The van der Waals surface area contributed by atoms with Crippen molar-refractivity contribution >= 4 is 0 Å². The first kappa shape index (κ1) is 38.5. The van der Waals surface area contributed by atoms with Crippen LogP contribution in [0.2, 0.25) is 0 Å². The van der Waals surface area contributed by atoms with Crippen LogP contribution >= 0.6 is 0 Å². The molecule has 0 bridgehead atoms. The second kappa shape index (κ2) is 14.9. The Morgan fingerprint density at radius 2 is 0.515 bits per heavy atom. The third-order valence-corrected chi connectivity index (χ3v) is 15.0. The molecule has 68 heavy (non-hydrogen) atoms. The summed E-state index contributed by atoms with van der Waals surface area (Å²) in [5, 5.41) is 0. The maximum atomic E-state index is 5.20. The fourth-order valence-electron chi connectivity index (χ4n) is 12.2. The van der Waals surface area contributed by atoms with Gasteiger partial charge in [0.25, 0.3) is 0 Å². The van der Waals surface area contributed by atoms with E-state index in [2.05, 4.69) is 249 Å². The highest BCUT2D eigenvalue weighted by atomic mass is 14.9. The highest BCUT2D eigenvalue weighted by Gasteiger charge is 2.58. The molecule has 2 nitrogen and oxygen atoms in total. The Bertz CT molecular complexity index is 3680. The van der Waals surface area contributed by atoms with Crippen molar-refractivity contribution in [3.8, 4) is 78.4 Å². The van der Waals surface area contributed by atoms with Crippen LogP contribution in [0.3, 0.4) is 0 Å². The van der Waals surface area contributed by atoms with Gasteiger partial charge in [0, 0.05) is 16.7 Å². The van der Waals surface area contributed by atoms with Crippen molar-refractivity contribution in [3.05, 3.63) is 299 Å². The van der Waals surface area contributed by atoms with E-state index < -0.39 is 10.8 Å². The standard InChI is InChI=1S/C66H42N2/c1-3-17-43(18-4-1)44-31-35-47(36-32-44)63-42-62(46-19-5-2-6-20-46)67-64(68-63)48-37-33-45(34-38-48)49-39-40-57-53(41-49)52-23-9-12-26-56(52)66(57)60-29-15-13-27-58(60)65(59-28-14-16-30-61(59)66)54-24-10-7-21-50(54)51-22-8-11-25-55(51)65/h1-42H. The molecule has 3 aliphatic carbocycles. The second-order valence-corrected chi connectivity index (χ2v) is 18.3. The van der Waals surface area contributed by atoms with Crippen molar-refractivity contribution in [1.82, 2.24) is 9.97 Å². The van der Waals surface area contributed by atoms with Crippen LogP contribution in [0.5, 0.6) is 0 Å². The lowest BCUT2D eigenvalue weighted by molar-refractivity contribution is 0.633. The number of rotatable bonds is 5. The molecule has 0 saturated carbocycles. The van der Waals surface area contributed by atoms with E-state index in [0.717, 1.165) is 33.6 Å². The molecule has 14 rings (SSSR count). The molecule has 0 saturated heterocycles. The Hall–Kier alpha value is -8.72. The molecule has 10 aromatic carbocycles. The molecule has 2 heteroatoms. The van der Waals surface area contributed by atoms with Crippen molar-refractivity contribution in [2.75, 3.05) is 0 Å². The van der Waals surface area contributed by atoms with Gasteiger partial charge in [0.15, 0.2) is 5.82 Å². The molecule has 2 spiro atoms. The van der Waals surface area contributed by atoms with Crippen molar-refractivity contribution in [1.29, 1.82) is 0 Å². The predicted octanol–water partition coefficient (Wildman–Crippen LogP) is 15.9. The quantitative estimate of drug-likeness (QED) is 0.172. The van der Waals surface area contributed by atoms with Crippen LogP contribution in [0.25, 0.3) is 78.4 Å². The first-order chi connectivity index (χ1) is 33.7. The zero-order valence-electron chi connectivity index (χ0n) is 37.1. The number of hydrogen-bond donors (Lipinski definition) is 0. The lowest BCUT2D eigenvalue weighted by Gasteiger charge is -2.48. The zero-order valence-corrected chi connectivity index (χ0v) is 37.1. The van der Waals surface area contributed by atoms with Crippen LogP contribution in [0.1, 0.15) is 44.5 Å². The van der Waals surface area contributed by atoms with E-state index in [1.54, 1.807) is 0 Å². The van der Waals surface area contributed by atoms with Crippen LogP contribution in [-0.4, -0.2) is 9.97 Å². The molecule has 0 radical (unpaired) electrons. The van der Waals surface area contributed by atoms with Gasteiger partial charge in [0.1, 0.15) is 0 Å². The summed E-state index contributed by atoms with van der Waals surface area (Å²) in [6.45, 7) is 0. The van der Waals surface area contributed by atoms with Gasteiger partial charge in [-0.3, -0.25) is 0 Å². The molecule has 1 aromatic heterocycles. The molecule has 11 aromatic rings. The average molecular weight is 863 g/mol. The Morgan fingerprint density at radius 1 is 0.206 bits per heavy atom. The summed E-state index contributed by atoms with van der Waals surface area (Å²) in [5.74, 6) is 0.699. The summed E-state index contributed by atoms with van der Waals surface area (Å²) >= 11 is 0. The van der Waals surface area contributed by atoms with E-state index in [4.69, 9.17) is 9.97 Å². The number of aromatic nitrogens is 2. The first-order valence-corrected chi connectivity index (χ1v) is 23.6. The fourth-order valence-corrected chi connectivity index (χ4v) is 12.2. The Morgan fingerprint density at radius 3 is 1.00 bits per heavy atom. The Labute approximate surface area is 396 Å². The van der Waals surface area contributed by atoms with Gasteiger partial charge in [-0.2, -0.15) is 0 Å². The number of benzene rings is 10. The fraction of sp³-hybridized carbons (Fsp3) is 0.0303. The molecule has 0 fully saturated rings. The molecule has 1 heterocycles. The summed E-state index contributed by atoms with van der Waals surface area (Å²) in [4.78, 5) is 10.4. The van der Waals surface area contributed by atoms with Crippen molar-refractivity contribution in [2.24, 2.45) is 0 Å². The lowest BCUT2D eigenvalue weighted by atomic mass is 9.52. The summed E-state index contributed by atoms with van der Waals surface area (Å²) in [6.07, 6.45) is 0. The van der Waals surface area contributed by atoms with E-state index in [1.807, 2.05) is 6.07 Å². The zero-order chi connectivity index (χ0) is 44.8. The largest absolute Gasteiger partial charge is 0.228 e. The third kappa shape index (κ3) is 5.40. The molecule has 3 aliphatic rings. The van der Waals surface area contributed by atoms with Crippen molar-refractivity contribution < 1.29 is 0 Å². The number of fused-ring (bicyclic) bond motifs is 16. The minimum atomic E-state index is -0.514. The van der Waals surface area contributed by atoms with Crippen LogP contribution in [0.4, 0.5) is 0 Å². The Kier molecular flexibility index (Phi) is 8.45. The van der Waals surface area contributed by atoms with Crippen LogP contribution in [-0.2, 0) is 10.8 Å². The van der Waals surface area contributed by atoms with Gasteiger partial charge in [-0.05, 0) is 101 Å². The summed E-state index contributed by atoms with van der Waals surface area (Å²) in [5.41, 5.74) is 24.5. The number of hydrogen-bond acceptors (Lipinski definition) is 2. The van der Waals surface area contributed by atoms with Gasteiger partial charge in [-0.15, -0.1) is 0 Å². The molecule has 0 amide bonds. The maximum absolute atomic E-state index is 5.20. The monoisotopic (exact) mass is 862 g/mol. The van der Waals surface area contributed by atoms with Gasteiger partial charge >= 0.3 is 0 Å². The van der Waals surface area contributed by atoms with E-state index in [1.165, 1.54) is 83.5 Å². The van der Waals surface area contributed by atoms with Crippen LogP contribution in [0, 0.1) is 0 Å². The Balaban J connectivity index is 0.893. The molecule has 316 valence electrons. The molecular formula is C66H42N2. The summed E-state index contributed by atoms with van der Waals surface area (Å²) in [7, 11) is 0. The second-order valence-electron chi connectivity index (χ2n) is 18.3. The molecule has 0 atom stereocenters. The summed E-state index contributed by atoms with van der Waals surface area (Å²) in [6, 6.07) is 93.6. The minimum Gasteiger partial charge on any atom is -0.228 e. The minimum absolute atomic E-state index is 0.455. The summed E-state index contributed by atoms with van der Waals surface area (Å²) < 4.78 is 0. The maximum Gasteiger partial charge on any atom is 0.160 e. The van der Waals surface area contributed by atoms with E-state index in [-0.39, 0.29) is 0 Å². The molecule has 0 N–H and O–H groups in total. The topological polar surface area (TPSA) is 25.8 Å². The first-order valence-electron chi connectivity index (χ1n) is 23.6. The molecule has 0 aliphatic heterocycles.